The van der Waals surface area contributed by atoms with Gasteiger partial charge < -0.3 is 16.1 Å². The minimum absolute atomic E-state index is 0.0598. The molecular formula is C23H26N6O. The lowest BCUT2D eigenvalue weighted by atomic mass is 9.78. The van der Waals surface area contributed by atoms with E-state index in [9.17, 15) is 4.79 Å². The molecule has 0 spiro atoms. The van der Waals surface area contributed by atoms with Crippen LogP contribution in [0.15, 0.2) is 65.1 Å². The molecule has 2 unspecified atom stereocenters. The second-order valence-corrected chi connectivity index (χ2v) is 8.02. The number of carbonyl (C=O) groups is 1. The maximum atomic E-state index is 11.3. The molecule has 154 valence electrons. The van der Waals surface area contributed by atoms with E-state index in [4.69, 9.17) is 17.0 Å². The third-order valence-electron chi connectivity index (χ3n) is 6.11. The summed E-state index contributed by atoms with van der Waals surface area (Å²) in [7, 11) is 0. The van der Waals surface area contributed by atoms with Crippen LogP contribution >= 0.6 is 0 Å². The number of nitrogens with two attached hydrogens (primary N) is 2. The molecule has 1 amide bonds. The molecule has 1 aliphatic carbocycles. The second kappa shape index (κ2) is 8.49. The summed E-state index contributed by atoms with van der Waals surface area (Å²) >= 11 is 0. The molecule has 1 aliphatic rings. The van der Waals surface area contributed by atoms with Crippen LogP contribution in [-0.4, -0.2) is 16.3 Å². The maximum absolute atomic E-state index is 11.3. The van der Waals surface area contributed by atoms with Gasteiger partial charge >= 0.3 is 0 Å². The van der Waals surface area contributed by atoms with Gasteiger partial charge in [0.15, 0.2) is 5.84 Å². The molecule has 3 aromatic rings. The van der Waals surface area contributed by atoms with Crippen LogP contribution in [0.3, 0.4) is 0 Å². The highest BCUT2D eigenvalue weighted by molar-refractivity contribution is 6.00. The lowest BCUT2D eigenvalue weighted by Crippen LogP contribution is -2.19. The van der Waals surface area contributed by atoms with Crippen LogP contribution in [0, 0.1) is 11.3 Å². The molecule has 0 saturated heterocycles. The van der Waals surface area contributed by atoms with Crippen LogP contribution in [0.2, 0.25) is 0 Å². The first-order chi connectivity index (χ1) is 14.5. The molecule has 7 heteroatoms. The predicted molar refractivity (Wildman–Crippen MR) is 117 cm³/mol. The van der Waals surface area contributed by atoms with Crippen molar-refractivity contribution in [1.82, 2.24) is 4.57 Å². The van der Waals surface area contributed by atoms with E-state index in [1.165, 1.54) is 24.8 Å². The monoisotopic (exact) mass is 402 g/mol. The molecular weight excluding hydrogens is 376 g/mol. The first kappa shape index (κ1) is 19.8. The number of nitrogens with one attached hydrogen (secondary N) is 1. The molecule has 7 nitrogen and oxygen atoms in total. The van der Waals surface area contributed by atoms with Gasteiger partial charge in [0.05, 0.1) is 0 Å². The number of primary amides is 1. The normalized spacial score (nSPS) is 19.3. The molecule has 0 radical (unpaired) electrons. The molecule has 0 bridgehead atoms. The van der Waals surface area contributed by atoms with Gasteiger partial charge in [-0.15, -0.1) is 5.11 Å². The Labute approximate surface area is 175 Å². The summed E-state index contributed by atoms with van der Waals surface area (Å²) in [6.45, 7) is 0.971. The number of nitrogens with zero attached hydrogens (tertiary/aromatic N) is 3. The van der Waals surface area contributed by atoms with E-state index in [1.54, 1.807) is 0 Å². The third-order valence-corrected chi connectivity index (χ3v) is 6.11. The minimum atomic E-state index is -0.382. The summed E-state index contributed by atoms with van der Waals surface area (Å²) in [5.74, 6) is 5.84. The average molecular weight is 403 g/mol. The molecule has 1 heterocycles. The SMILES string of the molecule is N=C(N=NN)c1ccc2c(ccn2CC2CCCC(c3ccc(C(N)=O)cc3)C2)c1. The zero-order valence-corrected chi connectivity index (χ0v) is 16.8. The van der Waals surface area contributed by atoms with Crippen LogP contribution in [0.5, 0.6) is 0 Å². The van der Waals surface area contributed by atoms with E-state index < -0.39 is 0 Å². The predicted octanol–water partition coefficient (Wildman–Crippen LogP) is 4.37. The number of hydrogen-bond acceptors (Lipinski definition) is 3. The Kier molecular flexibility index (Phi) is 5.61. The number of aromatic nitrogens is 1. The Hall–Kier alpha value is -3.48. The Balaban J connectivity index is 1.48. The summed E-state index contributed by atoms with van der Waals surface area (Å²) in [5, 5.41) is 15.8. The van der Waals surface area contributed by atoms with Crippen LogP contribution in [-0.2, 0) is 6.54 Å². The number of hydrogen-bond donors (Lipinski definition) is 3. The Morgan fingerprint density at radius 1 is 1.10 bits per heavy atom. The van der Waals surface area contributed by atoms with E-state index in [0.29, 0.717) is 23.0 Å². The van der Waals surface area contributed by atoms with E-state index >= 15 is 0 Å². The van der Waals surface area contributed by atoms with Crippen LogP contribution in [0.1, 0.15) is 53.1 Å². The first-order valence-electron chi connectivity index (χ1n) is 10.2. The molecule has 1 saturated carbocycles. The van der Waals surface area contributed by atoms with E-state index in [0.717, 1.165) is 23.9 Å². The number of carbonyl (C=O) groups excluding carboxylic acids is 1. The number of amidine groups is 1. The summed E-state index contributed by atoms with van der Waals surface area (Å²) < 4.78 is 2.30. The minimum Gasteiger partial charge on any atom is -0.366 e. The van der Waals surface area contributed by atoms with Crippen LogP contribution < -0.4 is 11.6 Å². The Bertz CT molecular complexity index is 1100. The molecule has 1 fully saturated rings. The Morgan fingerprint density at radius 2 is 1.87 bits per heavy atom. The summed E-state index contributed by atoms with van der Waals surface area (Å²) in [6.07, 6.45) is 6.86. The number of rotatable bonds is 5. The molecule has 4 rings (SSSR count). The molecule has 2 atom stereocenters. The fraction of sp³-hybridized carbons (Fsp3) is 0.304. The van der Waals surface area contributed by atoms with Gasteiger partial charge in [-0.1, -0.05) is 23.8 Å². The van der Waals surface area contributed by atoms with Crippen molar-refractivity contribution in [2.45, 2.75) is 38.1 Å². The fourth-order valence-electron chi connectivity index (χ4n) is 4.58. The summed E-state index contributed by atoms with van der Waals surface area (Å²) in [4.78, 5) is 11.3. The molecule has 5 N–H and O–H groups in total. The maximum Gasteiger partial charge on any atom is 0.248 e. The first-order valence-corrected chi connectivity index (χ1v) is 10.2. The quantitative estimate of drug-likeness (QED) is 0.193. The lowest BCUT2D eigenvalue weighted by molar-refractivity contribution is 0.1000. The topological polar surface area (TPSA) is 123 Å². The van der Waals surface area contributed by atoms with Crippen LogP contribution in [0.4, 0.5) is 0 Å². The summed E-state index contributed by atoms with van der Waals surface area (Å²) in [5.41, 5.74) is 9.07. The molecule has 0 aliphatic heterocycles. The number of benzene rings is 2. The van der Waals surface area contributed by atoms with Crippen LogP contribution in [0.25, 0.3) is 10.9 Å². The highest BCUT2D eigenvalue weighted by Gasteiger charge is 2.24. The number of amides is 1. The van der Waals surface area contributed by atoms with Crippen molar-refractivity contribution >= 4 is 22.6 Å². The van der Waals surface area contributed by atoms with Crippen molar-refractivity contribution in [3.05, 3.63) is 71.4 Å². The standard InChI is InChI=1S/C23H26N6O/c24-22(27-28-26)20-8-9-21-19(13-20)10-11-29(21)14-15-2-1-3-18(12-15)16-4-6-17(7-5-16)23(25)30/h4-11,13,15,18H,1-3,12,14H2,(H2,25,30)(H3,24,26,27). The Morgan fingerprint density at radius 3 is 2.60 bits per heavy atom. The number of fused-ring (bicyclic) bond motifs is 1. The van der Waals surface area contributed by atoms with E-state index in [-0.39, 0.29) is 11.7 Å². The second-order valence-electron chi connectivity index (χ2n) is 8.02. The van der Waals surface area contributed by atoms with Crippen molar-refractivity contribution < 1.29 is 4.79 Å². The van der Waals surface area contributed by atoms with Crippen molar-refractivity contribution in [1.29, 1.82) is 5.41 Å². The molecule has 30 heavy (non-hydrogen) atoms. The van der Waals surface area contributed by atoms with Crippen molar-refractivity contribution in [2.24, 2.45) is 27.8 Å². The highest BCUT2D eigenvalue weighted by atomic mass is 16.1. The fourth-order valence-corrected chi connectivity index (χ4v) is 4.58. The van der Waals surface area contributed by atoms with Crippen molar-refractivity contribution in [3.8, 4) is 0 Å². The van der Waals surface area contributed by atoms with Gasteiger partial charge in [-0.2, -0.15) is 0 Å². The largest absolute Gasteiger partial charge is 0.366 e. The van der Waals surface area contributed by atoms with Gasteiger partial charge in [0.1, 0.15) is 0 Å². The zero-order chi connectivity index (χ0) is 21.1. The zero-order valence-electron chi connectivity index (χ0n) is 16.8. The smallest absolute Gasteiger partial charge is 0.248 e. The van der Waals surface area contributed by atoms with Gasteiger partial charge in [0.2, 0.25) is 5.91 Å². The van der Waals surface area contributed by atoms with E-state index in [1.807, 2.05) is 42.5 Å². The van der Waals surface area contributed by atoms with Gasteiger partial charge in [-0.25, -0.2) is 0 Å². The van der Waals surface area contributed by atoms with Gasteiger partial charge in [-0.3, -0.25) is 10.2 Å². The highest BCUT2D eigenvalue weighted by Crippen LogP contribution is 2.37. The molecule has 1 aromatic heterocycles. The van der Waals surface area contributed by atoms with Crippen molar-refractivity contribution in [3.63, 3.8) is 0 Å². The average Bonchev–Trinajstić information content (AvgIpc) is 3.16. The lowest BCUT2D eigenvalue weighted by Gasteiger charge is -2.30. The molecule has 2 aromatic carbocycles. The van der Waals surface area contributed by atoms with Crippen molar-refractivity contribution in [2.75, 3.05) is 0 Å². The van der Waals surface area contributed by atoms with Gasteiger partial charge in [0, 0.05) is 34.8 Å². The van der Waals surface area contributed by atoms with E-state index in [2.05, 4.69) is 27.2 Å². The van der Waals surface area contributed by atoms with Gasteiger partial charge in [-0.05, 0) is 73.1 Å². The summed E-state index contributed by atoms with van der Waals surface area (Å²) in [6, 6.07) is 15.7. The van der Waals surface area contributed by atoms with Gasteiger partial charge in [0.25, 0.3) is 0 Å². The third kappa shape index (κ3) is 4.10.